The zero-order valence-corrected chi connectivity index (χ0v) is 20.2. The first kappa shape index (κ1) is 23.1. The number of carbonyl (C=O) groups is 1. The summed E-state index contributed by atoms with van der Waals surface area (Å²) in [5.41, 5.74) is -2.59. The molecular weight excluding hydrogens is 469 g/mol. The van der Waals surface area contributed by atoms with Crippen LogP contribution in [-0.2, 0) is 0 Å². The van der Waals surface area contributed by atoms with E-state index in [0.29, 0.717) is 31.5 Å². The largest absolute Gasteiger partial charge is 0.363 e. The van der Waals surface area contributed by atoms with E-state index in [9.17, 15) is 18.4 Å². The maximum Gasteiger partial charge on any atom is 0.257 e. The minimum Gasteiger partial charge on any atom is -0.363 e. The Labute approximate surface area is 206 Å². The third-order valence-electron chi connectivity index (χ3n) is 8.08. The molecule has 2 aromatic heterocycles. The molecule has 9 heteroatoms. The number of fused-ring (bicyclic) bond motifs is 1. The Kier molecular flexibility index (Phi) is 5.01. The molecule has 36 heavy (non-hydrogen) atoms. The summed E-state index contributed by atoms with van der Waals surface area (Å²) >= 11 is 0. The number of benzene rings is 1. The average molecular weight is 497 g/mol. The highest BCUT2D eigenvalue weighted by Crippen LogP contribution is 2.59. The fraction of sp³-hybridized carbons (Fsp3) is 0.444. The van der Waals surface area contributed by atoms with Gasteiger partial charge >= 0.3 is 0 Å². The third kappa shape index (κ3) is 3.67. The maximum absolute atomic E-state index is 15.4. The molecule has 2 heterocycles. The van der Waals surface area contributed by atoms with E-state index >= 15 is 4.39 Å². The third-order valence-corrected chi connectivity index (χ3v) is 8.08. The summed E-state index contributed by atoms with van der Waals surface area (Å²) in [5.74, 6) is -1.23. The molecule has 6 nitrogen and oxygen atoms in total. The first-order valence-corrected chi connectivity index (χ1v) is 12.3. The van der Waals surface area contributed by atoms with E-state index in [4.69, 9.17) is 0 Å². The van der Waals surface area contributed by atoms with Gasteiger partial charge in [-0.1, -0.05) is 0 Å². The lowest BCUT2D eigenvalue weighted by Crippen LogP contribution is -2.64. The predicted octanol–water partition coefficient (Wildman–Crippen LogP) is 4.52. The second-order valence-electron chi connectivity index (χ2n) is 11.1. The molecule has 1 N–H and O–H groups in total. The van der Waals surface area contributed by atoms with E-state index in [1.165, 1.54) is 16.8 Å². The highest BCUT2D eigenvalue weighted by Gasteiger charge is 2.58. The lowest BCUT2D eigenvalue weighted by Gasteiger charge is -2.59. The number of aromatic nitrogens is 2. The summed E-state index contributed by atoms with van der Waals surface area (Å²) in [4.78, 5) is 33.3. The lowest BCUT2D eigenvalue weighted by molar-refractivity contribution is -0.0937. The normalized spacial score (nSPS) is 28.5. The van der Waals surface area contributed by atoms with Crippen LogP contribution in [0.1, 0.15) is 48.9 Å². The van der Waals surface area contributed by atoms with E-state index in [1.807, 2.05) is 0 Å². The van der Waals surface area contributed by atoms with E-state index in [0.717, 1.165) is 18.6 Å². The van der Waals surface area contributed by atoms with Gasteiger partial charge in [-0.05, 0) is 68.2 Å². The Morgan fingerprint density at radius 2 is 1.83 bits per heavy atom. The van der Waals surface area contributed by atoms with Crippen LogP contribution in [0.25, 0.3) is 16.7 Å². The minimum absolute atomic E-state index is 0.0450. The first-order valence-electron chi connectivity index (χ1n) is 12.3. The Morgan fingerprint density at radius 3 is 2.47 bits per heavy atom. The van der Waals surface area contributed by atoms with Gasteiger partial charge in [-0.3, -0.25) is 14.2 Å². The summed E-state index contributed by atoms with van der Waals surface area (Å²) in [6.07, 6.45) is 4.96. The average Bonchev–Trinajstić information content (AvgIpc) is 2.77. The Morgan fingerprint density at radius 1 is 1.11 bits per heavy atom. The quantitative estimate of drug-likeness (QED) is 0.577. The van der Waals surface area contributed by atoms with Crippen LogP contribution in [0.15, 0.2) is 41.3 Å². The van der Waals surface area contributed by atoms with Gasteiger partial charge in [0.05, 0.1) is 11.1 Å². The molecule has 4 aliphatic carbocycles. The summed E-state index contributed by atoms with van der Waals surface area (Å²) in [5, 5.41) is 3.16. The van der Waals surface area contributed by atoms with Crippen molar-refractivity contribution in [1.29, 1.82) is 0 Å². The number of anilines is 1. The lowest BCUT2D eigenvalue weighted by atomic mass is 9.51. The molecule has 1 amide bonds. The molecule has 2 unspecified atom stereocenters. The summed E-state index contributed by atoms with van der Waals surface area (Å²) in [6, 6.07) is 6.28. The number of rotatable bonds is 4. The molecule has 4 saturated carbocycles. The molecule has 1 aromatic carbocycles. The SMILES string of the molecule is CN(C)c1ccc2c(=O)c(C(=O)NC34CC5CC(CC(F)(C5)C3)C4)cn(-c3ccc(F)cc3F)c2n1. The van der Waals surface area contributed by atoms with Gasteiger partial charge in [0, 0.05) is 38.3 Å². The summed E-state index contributed by atoms with van der Waals surface area (Å²) in [7, 11) is 3.56. The second kappa shape index (κ2) is 7.82. The van der Waals surface area contributed by atoms with Gasteiger partial charge in [0.25, 0.3) is 5.91 Å². The standard InChI is InChI=1S/C27H27F3N4O2/c1-33(2)22-6-4-18-23(35)19(13-34(24(18)31-22)21-5-3-17(28)8-20(21)29)25(36)32-27-11-15-7-16(12-27)10-26(30,9-15)14-27/h3-6,8,13,15-16H,7,9-12,14H2,1-2H3,(H,32,36). The van der Waals surface area contributed by atoms with Crippen molar-refractivity contribution in [2.24, 2.45) is 11.8 Å². The predicted molar refractivity (Wildman–Crippen MR) is 130 cm³/mol. The molecule has 188 valence electrons. The Balaban J connectivity index is 1.47. The number of hydrogen-bond acceptors (Lipinski definition) is 4. The molecule has 4 aliphatic rings. The number of pyridine rings is 2. The highest BCUT2D eigenvalue weighted by molar-refractivity contribution is 5.97. The molecule has 0 saturated heterocycles. The number of halogens is 3. The minimum atomic E-state index is -1.27. The molecule has 4 fully saturated rings. The van der Waals surface area contributed by atoms with Crippen LogP contribution in [0, 0.1) is 23.5 Å². The van der Waals surface area contributed by atoms with Gasteiger partial charge in [-0.2, -0.15) is 0 Å². The van der Waals surface area contributed by atoms with Crippen molar-refractivity contribution in [2.75, 3.05) is 19.0 Å². The molecule has 4 bridgehead atoms. The summed E-state index contributed by atoms with van der Waals surface area (Å²) < 4.78 is 45.3. The van der Waals surface area contributed by atoms with Gasteiger partial charge in [0.2, 0.25) is 5.43 Å². The van der Waals surface area contributed by atoms with Crippen molar-refractivity contribution in [3.05, 3.63) is 63.9 Å². The number of amides is 1. The highest BCUT2D eigenvalue weighted by atomic mass is 19.1. The second-order valence-corrected chi connectivity index (χ2v) is 11.1. The van der Waals surface area contributed by atoms with Crippen molar-refractivity contribution in [2.45, 2.75) is 49.7 Å². The van der Waals surface area contributed by atoms with Crippen molar-refractivity contribution in [1.82, 2.24) is 14.9 Å². The van der Waals surface area contributed by atoms with E-state index in [1.54, 1.807) is 31.1 Å². The van der Waals surface area contributed by atoms with E-state index in [2.05, 4.69) is 10.3 Å². The Hall–Kier alpha value is -3.36. The molecule has 0 aliphatic heterocycles. The van der Waals surface area contributed by atoms with Crippen LogP contribution >= 0.6 is 0 Å². The number of nitrogens with zero attached hydrogens (tertiary/aromatic N) is 3. The fourth-order valence-electron chi connectivity index (χ4n) is 7.07. The van der Waals surface area contributed by atoms with E-state index in [-0.39, 0.29) is 40.5 Å². The van der Waals surface area contributed by atoms with E-state index < -0.39 is 34.2 Å². The van der Waals surface area contributed by atoms with Crippen molar-refractivity contribution in [3.63, 3.8) is 0 Å². The van der Waals surface area contributed by atoms with Gasteiger partial charge in [-0.25, -0.2) is 18.2 Å². The van der Waals surface area contributed by atoms with Crippen LogP contribution in [0.4, 0.5) is 19.0 Å². The van der Waals surface area contributed by atoms with Crippen LogP contribution < -0.4 is 15.6 Å². The number of hydrogen-bond donors (Lipinski definition) is 1. The molecule has 7 rings (SSSR count). The molecule has 0 spiro atoms. The molecule has 3 aromatic rings. The van der Waals surface area contributed by atoms with Gasteiger partial charge in [-0.15, -0.1) is 0 Å². The topological polar surface area (TPSA) is 67.2 Å². The number of nitrogens with one attached hydrogen (secondary N) is 1. The smallest absolute Gasteiger partial charge is 0.257 e. The van der Waals surface area contributed by atoms with Crippen LogP contribution in [0.2, 0.25) is 0 Å². The van der Waals surface area contributed by atoms with Gasteiger partial charge in [0.15, 0.2) is 5.65 Å². The number of carbonyl (C=O) groups excluding carboxylic acids is 1. The summed E-state index contributed by atoms with van der Waals surface area (Å²) in [6.45, 7) is 0. The number of alkyl halides is 1. The first-order chi connectivity index (χ1) is 17.0. The molecule has 0 radical (unpaired) electrons. The molecular formula is C27H27F3N4O2. The monoisotopic (exact) mass is 496 g/mol. The van der Waals surface area contributed by atoms with Gasteiger partial charge < -0.3 is 10.2 Å². The van der Waals surface area contributed by atoms with Crippen molar-refractivity contribution in [3.8, 4) is 5.69 Å². The zero-order valence-electron chi connectivity index (χ0n) is 20.2. The molecule has 2 atom stereocenters. The zero-order chi connectivity index (χ0) is 25.4. The van der Waals surface area contributed by atoms with Crippen molar-refractivity contribution >= 4 is 22.8 Å². The van der Waals surface area contributed by atoms with Crippen LogP contribution in [0.5, 0.6) is 0 Å². The fourth-order valence-corrected chi connectivity index (χ4v) is 7.07. The van der Waals surface area contributed by atoms with Crippen molar-refractivity contribution < 1.29 is 18.0 Å². The van der Waals surface area contributed by atoms with Gasteiger partial charge in [0.1, 0.15) is 28.7 Å². The maximum atomic E-state index is 15.4. The Bertz CT molecular complexity index is 1450. The van der Waals surface area contributed by atoms with Crippen LogP contribution in [-0.4, -0.2) is 40.8 Å². The van der Waals surface area contributed by atoms with Crippen LogP contribution in [0.3, 0.4) is 0 Å².